The molecule has 0 aromatic heterocycles. The maximum absolute atomic E-state index is 12.5. The van der Waals surface area contributed by atoms with Gasteiger partial charge in [-0.05, 0) is 50.6 Å². The van der Waals surface area contributed by atoms with Crippen LogP contribution in [0, 0.1) is 0 Å². The molecule has 0 aliphatic heterocycles. The third-order valence-electron chi connectivity index (χ3n) is 3.42. The number of nitrogens with two attached hydrogens (primary N) is 1. The predicted molar refractivity (Wildman–Crippen MR) is 90.7 cm³/mol. The first-order valence-electron chi connectivity index (χ1n) is 7.63. The molecule has 1 aromatic rings. The van der Waals surface area contributed by atoms with Gasteiger partial charge in [0.2, 0.25) is 5.91 Å². The van der Waals surface area contributed by atoms with Crippen LogP contribution in [-0.4, -0.2) is 29.9 Å². The molecular weight excluding hydrogens is 286 g/mol. The quantitative estimate of drug-likeness (QED) is 0.719. The lowest BCUT2D eigenvalue weighted by atomic mass is 10.1. The fraction of sp³-hybridized carbons (Fsp3) is 0.562. The Bertz CT molecular complexity index is 459. The molecule has 5 heteroatoms. The molecule has 1 unspecified atom stereocenters. The van der Waals surface area contributed by atoms with Crippen molar-refractivity contribution in [3.05, 3.63) is 23.2 Å². The van der Waals surface area contributed by atoms with Crippen molar-refractivity contribution < 1.29 is 4.79 Å². The second-order valence-corrected chi connectivity index (χ2v) is 5.59. The van der Waals surface area contributed by atoms with Gasteiger partial charge in [-0.2, -0.15) is 0 Å². The number of hydrogen-bond acceptors (Lipinski definition) is 3. The maximum atomic E-state index is 12.5. The van der Waals surface area contributed by atoms with Crippen molar-refractivity contribution in [2.75, 3.05) is 24.1 Å². The Kier molecular flexibility index (Phi) is 7.54. The Balaban J connectivity index is 2.79. The molecule has 21 heavy (non-hydrogen) atoms. The molecule has 0 aliphatic rings. The van der Waals surface area contributed by atoms with Crippen molar-refractivity contribution in [3.8, 4) is 0 Å². The average molecular weight is 312 g/mol. The Morgan fingerprint density at radius 2 is 1.90 bits per heavy atom. The van der Waals surface area contributed by atoms with Crippen molar-refractivity contribution in [3.63, 3.8) is 0 Å². The van der Waals surface area contributed by atoms with Gasteiger partial charge in [0, 0.05) is 5.69 Å². The maximum Gasteiger partial charge on any atom is 0.241 e. The summed E-state index contributed by atoms with van der Waals surface area (Å²) in [4.78, 5) is 14.7. The molecule has 1 atom stereocenters. The number of benzene rings is 1. The largest absolute Gasteiger partial charge is 0.397 e. The SMILES string of the molecule is CCCN(CCC)C(CC)C(=O)Nc1ccc(Cl)c(N)c1. The van der Waals surface area contributed by atoms with E-state index in [0.29, 0.717) is 16.4 Å². The number of anilines is 2. The molecule has 3 N–H and O–H groups in total. The van der Waals surface area contributed by atoms with Gasteiger partial charge in [-0.25, -0.2) is 0 Å². The zero-order chi connectivity index (χ0) is 15.8. The topological polar surface area (TPSA) is 58.4 Å². The fourth-order valence-corrected chi connectivity index (χ4v) is 2.57. The van der Waals surface area contributed by atoms with E-state index in [0.717, 1.165) is 32.4 Å². The van der Waals surface area contributed by atoms with Crippen molar-refractivity contribution in [2.24, 2.45) is 0 Å². The van der Waals surface area contributed by atoms with Gasteiger partial charge < -0.3 is 11.1 Å². The first kappa shape index (κ1) is 17.8. The highest BCUT2D eigenvalue weighted by Gasteiger charge is 2.23. The van der Waals surface area contributed by atoms with Crippen molar-refractivity contribution >= 4 is 28.9 Å². The van der Waals surface area contributed by atoms with Gasteiger partial charge in [0.25, 0.3) is 0 Å². The van der Waals surface area contributed by atoms with Crippen LogP contribution in [-0.2, 0) is 4.79 Å². The molecule has 0 aliphatic carbocycles. The van der Waals surface area contributed by atoms with E-state index in [4.69, 9.17) is 17.3 Å². The van der Waals surface area contributed by atoms with Crippen LogP contribution in [0.2, 0.25) is 5.02 Å². The normalized spacial score (nSPS) is 12.4. The van der Waals surface area contributed by atoms with E-state index in [-0.39, 0.29) is 11.9 Å². The first-order chi connectivity index (χ1) is 10.0. The number of nitrogen functional groups attached to an aromatic ring is 1. The third-order valence-corrected chi connectivity index (χ3v) is 3.76. The summed E-state index contributed by atoms with van der Waals surface area (Å²) >= 11 is 5.89. The number of nitrogens with one attached hydrogen (secondary N) is 1. The van der Waals surface area contributed by atoms with Crippen LogP contribution in [0.4, 0.5) is 11.4 Å². The Morgan fingerprint density at radius 3 is 2.38 bits per heavy atom. The summed E-state index contributed by atoms with van der Waals surface area (Å²) in [7, 11) is 0. The highest BCUT2D eigenvalue weighted by Crippen LogP contribution is 2.22. The summed E-state index contributed by atoms with van der Waals surface area (Å²) in [6, 6.07) is 5.05. The summed E-state index contributed by atoms with van der Waals surface area (Å²) in [6.45, 7) is 8.17. The number of nitrogens with zero attached hydrogens (tertiary/aromatic N) is 1. The number of hydrogen-bond donors (Lipinski definition) is 2. The Labute approximate surface area is 132 Å². The van der Waals surface area contributed by atoms with Crippen LogP contribution in [0.5, 0.6) is 0 Å². The van der Waals surface area contributed by atoms with Gasteiger partial charge in [0.05, 0.1) is 16.8 Å². The van der Waals surface area contributed by atoms with Gasteiger partial charge in [-0.15, -0.1) is 0 Å². The molecule has 0 bridgehead atoms. The number of rotatable bonds is 8. The standard InChI is InChI=1S/C16H26ClN3O/c1-4-9-20(10-5-2)15(6-3)16(21)19-12-7-8-13(17)14(18)11-12/h7-8,11,15H,4-6,9-10,18H2,1-3H3,(H,19,21). The molecular formula is C16H26ClN3O. The van der Waals surface area contributed by atoms with Gasteiger partial charge in [-0.1, -0.05) is 32.4 Å². The van der Waals surface area contributed by atoms with Crippen LogP contribution >= 0.6 is 11.6 Å². The summed E-state index contributed by atoms with van der Waals surface area (Å²) < 4.78 is 0. The summed E-state index contributed by atoms with van der Waals surface area (Å²) in [5, 5.41) is 3.44. The summed E-state index contributed by atoms with van der Waals surface area (Å²) in [5.74, 6) is 0.0149. The highest BCUT2D eigenvalue weighted by atomic mass is 35.5. The molecule has 0 heterocycles. The summed E-state index contributed by atoms with van der Waals surface area (Å²) in [5.41, 5.74) is 6.93. The van der Waals surface area contributed by atoms with Crippen LogP contribution in [0.3, 0.4) is 0 Å². The summed E-state index contributed by atoms with van der Waals surface area (Å²) in [6.07, 6.45) is 2.87. The highest BCUT2D eigenvalue weighted by molar-refractivity contribution is 6.33. The van der Waals surface area contributed by atoms with Gasteiger partial charge in [-0.3, -0.25) is 9.69 Å². The minimum atomic E-state index is -0.109. The molecule has 1 rings (SSSR count). The number of halogens is 1. The van der Waals surface area contributed by atoms with E-state index >= 15 is 0 Å². The number of amides is 1. The van der Waals surface area contributed by atoms with Gasteiger partial charge >= 0.3 is 0 Å². The smallest absolute Gasteiger partial charge is 0.241 e. The van der Waals surface area contributed by atoms with Crippen molar-refractivity contribution in [1.29, 1.82) is 0 Å². The van der Waals surface area contributed by atoms with Crippen LogP contribution < -0.4 is 11.1 Å². The van der Waals surface area contributed by atoms with E-state index in [2.05, 4.69) is 24.1 Å². The van der Waals surface area contributed by atoms with E-state index in [1.807, 2.05) is 6.92 Å². The Morgan fingerprint density at radius 1 is 1.29 bits per heavy atom. The lowest BCUT2D eigenvalue weighted by Gasteiger charge is -2.29. The molecule has 0 saturated heterocycles. The lowest BCUT2D eigenvalue weighted by Crippen LogP contribution is -2.44. The molecule has 4 nitrogen and oxygen atoms in total. The van der Waals surface area contributed by atoms with Gasteiger partial charge in [0.15, 0.2) is 0 Å². The Hall–Kier alpha value is -1.26. The number of carbonyl (C=O) groups excluding carboxylic acids is 1. The lowest BCUT2D eigenvalue weighted by molar-refractivity contribution is -0.121. The second kappa shape index (κ2) is 8.90. The molecule has 0 saturated carbocycles. The monoisotopic (exact) mass is 311 g/mol. The molecule has 118 valence electrons. The fourth-order valence-electron chi connectivity index (χ4n) is 2.45. The van der Waals surface area contributed by atoms with Crippen molar-refractivity contribution in [1.82, 2.24) is 4.90 Å². The molecule has 0 spiro atoms. The van der Waals surface area contributed by atoms with E-state index < -0.39 is 0 Å². The predicted octanol–water partition coefficient (Wildman–Crippen LogP) is 3.76. The molecule has 0 radical (unpaired) electrons. The van der Waals surface area contributed by atoms with Crippen LogP contribution in [0.1, 0.15) is 40.0 Å². The van der Waals surface area contributed by atoms with Crippen LogP contribution in [0.25, 0.3) is 0 Å². The van der Waals surface area contributed by atoms with Gasteiger partial charge in [0.1, 0.15) is 0 Å². The molecule has 1 amide bonds. The zero-order valence-corrected chi connectivity index (χ0v) is 13.9. The van der Waals surface area contributed by atoms with E-state index in [9.17, 15) is 4.79 Å². The second-order valence-electron chi connectivity index (χ2n) is 5.19. The minimum absolute atomic E-state index is 0.0149. The van der Waals surface area contributed by atoms with E-state index in [1.165, 1.54) is 0 Å². The molecule has 0 fully saturated rings. The zero-order valence-electron chi connectivity index (χ0n) is 13.2. The minimum Gasteiger partial charge on any atom is -0.397 e. The van der Waals surface area contributed by atoms with E-state index in [1.54, 1.807) is 18.2 Å². The number of carbonyl (C=O) groups is 1. The van der Waals surface area contributed by atoms with Crippen LogP contribution in [0.15, 0.2) is 18.2 Å². The average Bonchev–Trinajstić information content (AvgIpc) is 2.44. The van der Waals surface area contributed by atoms with Crippen molar-refractivity contribution in [2.45, 2.75) is 46.1 Å². The third kappa shape index (κ3) is 5.21. The first-order valence-corrected chi connectivity index (χ1v) is 8.01. The molecule has 1 aromatic carbocycles.